The Morgan fingerprint density at radius 1 is 1.24 bits per heavy atom. The van der Waals surface area contributed by atoms with E-state index in [4.69, 9.17) is 35.0 Å². The maximum absolute atomic E-state index is 13.1. The molecule has 0 radical (unpaired) electrons. The van der Waals surface area contributed by atoms with Crippen molar-refractivity contribution in [1.82, 2.24) is 24.5 Å². The third-order valence-corrected chi connectivity index (χ3v) is 9.99. The second-order valence-electron chi connectivity index (χ2n) is 8.17. The molecule has 0 spiro atoms. The van der Waals surface area contributed by atoms with Gasteiger partial charge in [-0.3, -0.25) is 9.09 Å². The van der Waals surface area contributed by atoms with E-state index in [0.29, 0.717) is 9.88 Å². The van der Waals surface area contributed by atoms with Crippen molar-refractivity contribution in [2.45, 2.75) is 38.3 Å². The van der Waals surface area contributed by atoms with E-state index >= 15 is 0 Å². The van der Waals surface area contributed by atoms with Gasteiger partial charge in [-0.05, 0) is 12.5 Å². The fourth-order valence-corrected chi connectivity index (χ4v) is 7.59. The summed E-state index contributed by atoms with van der Waals surface area (Å²) in [5.41, 5.74) is 14.8. The van der Waals surface area contributed by atoms with E-state index < -0.39 is 54.5 Å². The fourth-order valence-electron chi connectivity index (χ4n) is 3.72. The van der Waals surface area contributed by atoms with Gasteiger partial charge < -0.3 is 34.8 Å². The molecule has 1 fully saturated rings. The molecule has 42 heavy (non-hydrogen) atoms. The number of anilines is 1. The van der Waals surface area contributed by atoms with E-state index in [1.807, 2.05) is 0 Å². The van der Waals surface area contributed by atoms with Gasteiger partial charge in [0.05, 0.1) is 24.5 Å². The van der Waals surface area contributed by atoms with Crippen molar-refractivity contribution in [3.8, 4) is 0 Å². The molecule has 0 amide bonds. The summed E-state index contributed by atoms with van der Waals surface area (Å²) in [7, 11) is -16.9. The number of fused-ring (bicyclic) bond motifs is 1. The number of phosphoric acid groups is 3. The molecule has 0 saturated carbocycles. The van der Waals surface area contributed by atoms with Crippen LogP contribution in [-0.4, -0.2) is 68.9 Å². The van der Waals surface area contributed by atoms with Gasteiger partial charge in [0.15, 0.2) is 17.2 Å². The van der Waals surface area contributed by atoms with E-state index in [0.717, 1.165) is 11.3 Å². The Hall–Kier alpha value is -2.87. The highest BCUT2D eigenvalue weighted by Gasteiger charge is 2.44. The number of phosphoric ester groups is 1. The first-order valence-electron chi connectivity index (χ1n) is 11.1. The van der Waals surface area contributed by atoms with Crippen LogP contribution >= 0.6 is 34.8 Å². The predicted molar refractivity (Wildman–Crippen MR) is 137 cm³/mol. The monoisotopic (exact) mass is 671 g/mol. The number of nitrogen functional groups attached to an aromatic ring is 1. The number of aryl methyl sites for hydroxylation is 1. The molecule has 26 heteroatoms. The lowest BCUT2D eigenvalue weighted by molar-refractivity contribution is -0.0491. The highest BCUT2D eigenvalue weighted by molar-refractivity contribution is 7.66. The SMILES string of the molecule is Cc1nc(C(=O)OC2C[C@H](n3cnc4c(N)ncnc43)O[C@@H]2COP(=O)(O)OP(=O)(O)OP(=O)(O)O)c(CN=[N+]=[N-])s1. The lowest BCUT2D eigenvalue weighted by Crippen LogP contribution is -2.31. The van der Waals surface area contributed by atoms with Crippen molar-refractivity contribution in [3.05, 3.63) is 38.7 Å². The van der Waals surface area contributed by atoms with Crippen LogP contribution in [0.4, 0.5) is 5.82 Å². The van der Waals surface area contributed by atoms with Crippen LogP contribution < -0.4 is 5.73 Å². The number of ether oxygens (including phenoxy) is 2. The molecule has 4 heterocycles. The molecule has 5 atom stereocenters. The van der Waals surface area contributed by atoms with Crippen LogP contribution in [0.1, 0.15) is 33.0 Å². The normalized spacial score (nSPS) is 21.9. The molecule has 0 bridgehead atoms. The lowest BCUT2D eigenvalue weighted by atomic mass is 10.2. The van der Waals surface area contributed by atoms with Crippen molar-refractivity contribution >= 4 is 57.8 Å². The number of hydrogen-bond donors (Lipinski definition) is 5. The number of carbonyl (C=O) groups excluding carboxylic acids is 1. The van der Waals surface area contributed by atoms with Crippen LogP contribution in [0, 0.1) is 6.92 Å². The summed E-state index contributed by atoms with van der Waals surface area (Å²) in [4.78, 5) is 68.9. The summed E-state index contributed by atoms with van der Waals surface area (Å²) < 4.78 is 59.8. The van der Waals surface area contributed by atoms with Crippen LogP contribution in [0.15, 0.2) is 17.8 Å². The third-order valence-electron chi connectivity index (χ3n) is 5.23. The van der Waals surface area contributed by atoms with Gasteiger partial charge in [-0.2, -0.15) is 8.62 Å². The topological polar surface area (TPSA) is 327 Å². The van der Waals surface area contributed by atoms with Crippen LogP contribution in [0.5, 0.6) is 0 Å². The maximum atomic E-state index is 13.1. The van der Waals surface area contributed by atoms with Gasteiger partial charge >= 0.3 is 29.4 Å². The molecule has 228 valence electrons. The number of carbonyl (C=O) groups is 1. The quantitative estimate of drug-likeness (QED) is 0.0602. The molecule has 1 aliphatic rings. The van der Waals surface area contributed by atoms with Crippen molar-refractivity contribution in [1.29, 1.82) is 0 Å². The molecule has 3 aromatic heterocycles. The maximum Gasteiger partial charge on any atom is 0.490 e. The van der Waals surface area contributed by atoms with E-state index in [9.17, 15) is 28.3 Å². The third kappa shape index (κ3) is 7.94. The number of thiazole rings is 1. The standard InChI is InChI=1S/C16H20N9O13P3S/c1-7-23-12(10(42-7)3-22-24-18)16(26)36-8-2-11(25-6-21-13-14(17)19-5-20-15(13)25)35-9(8)4-34-40(30,31)38-41(32,33)37-39(27,28)29/h5-6,8-9,11H,2-4H2,1H3,(H,30,31)(H,32,33)(H2,17,19,20)(H2,27,28,29)/t8?,9-,11-/m1/s1. The Bertz CT molecular complexity index is 1690. The Kier molecular flexibility index (Phi) is 9.46. The molecule has 6 N–H and O–H groups in total. The number of hydrogen-bond acceptors (Lipinski definition) is 16. The van der Waals surface area contributed by atoms with Gasteiger partial charge in [0.2, 0.25) is 0 Å². The Labute approximate surface area is 237 Å². The largest absolute Gasteiger partial charge is 0.490 e. The minimum Gasteiger partial charge on any atom is -0.455 e. The lowest BCUT2D eigenvalue weighted by Gasteiger charge is -2.21. The number of rotatable bonds is 12. The van der Waals surface area contributed by atoms with Gasteiger partial charge in [-0.15, -0.1) is 11.3 Å². The first-order valence-corrected chi connectivity index (χ1v) is 16.5. The van der Waals surface area contributed by atoms with E-state index in [-0.39, 0.29) is 35.6 Å². The van der Waals surface area contributed by atoms with Crippen LogP contribution in [0.3, 0.4) is 0 Å². The first-order chi connectivity index (χ1) is 19.6. The minimum absolute atomic E-state index is 0.0652. The Morgan fingerprint density at radius 3 is 2.67 bits per heavy atom. The van der Waals surface area contributed by atoms with Gasteiger partial charge in [0.1, 0.15) is 30.3 Å². The van der Waals surface area contributed by atoms with Crippen molar-refractivity contribution in [2.24, 2.45) is 5.11 Å². The van der Waals surface area contributed by atoms with E-state index in [2.05, 4.69) is 38.6 Å². The Balaban J connectivity index is 1.57. The molecule has 3 unspecified atom stereocenters. The zero-order chi connectivity index (χ0) is 30.9. The van der Waals surface area contributed by atoms with Crippen LogP contribution in [-0.2, 0) is 42.9 Å². The smallest absolute Gasteiger partial charge is 0.455 e. The van der Waals surface area contributed by atoms with Gasteiger partial charge in [0.25, 0.3) is 0 Å². The van der Waals surface area contributed by atoms with Gasteiger partial charge in [-0.25, -0.2) is 38.4 Å². The highest BCUT2D eigenvalue weighted by Crippen LogP contribution is 2.66. The fraction of sp³-hybridized carbons (Fsp3) is 0.438. The van der Waals surface area contributed by atoms with E-state index in [1.54, 1.807) is 6.92 Å². The zero-order valence-corrected chi connectivity index (χ0v) is 24.4. The number of imidazole rings is 1. The molecule has 0 aromatic carbocycles. The molecule has 1 saturated heterocycles. The second-order valence-corrected chi connectivity index (χ2v) is 13.9. The summed E-state index contributed by atoms with van der Waals surface area (Å²) in [6.45, 7) is 0.510. The van der Waals surface area contributed by atoms with Crippen LogP contribution in [0.25, 0.3) is 21.6 Å². The molecule has 3 aromatic rings. The summed E-state index contributed by atoms with van der Waals surface area (Å²) in [5, 5.41) is 3.90. The zero-order valence-electron chi connectivity index (χ0n) is 20.9. The highest BCUT2D eigenvalue weighted by atomic mass is 32.1. The second kappa shape index (κ2) is 12.4. The molecule has 22 nitrogen and oxygen atoms in total. The molecule has 1 aliphatic heterocycles. The molecular weight excluding hydrogens is 651 g/mol. The number of aromatic nitrogens is 5. The van der Waals surface area contributed by atoms with Crippen molar-refractivity contribution in [2.75, 3.05) is 12.3 Å². The van der Waals surface area contributed by atoms with Crippen molar-refractivity contribution in [3.63, 3.8) is 0 Å². The van der Waals surface area contributed by atoms with E-state index in [1.165, 1.54) is 17.2 Å². The van der Waals surface area contributed by atoms with Gasteiger partial charge in [0, 0.05) is 16.2 Å². The number of azide groups is 1. The predicted octanol–water partition coefficient (Wildman–Crippen LogP) is 1.84. The molecule has 0 aliphatic carbocycles. The average Bonchev–Trinajstić information content (AvgIpc) is 3.56. The summed E-state index contributed by atoms with van der Waals surface area (Å²) >= 11 is 1.09. The van der Waals surface area contributed by atoms with Gasteiger partial charge in [-0.1, -0.05) is 5.11 Å². The summed E-state index contributed by atoms with van der Waals surface area (Å²) in [5.74, 6) is -0.891. The van der Waals surface area contributed by atoms with Crippen LogP contribution in [0.2, 0.25) is 0 Å². The summed E-state index contributed by atoms with van der Waals surface area (Å²) in [6.07, 6.45) is -1.17. The number of nitrogens with two attached hydrogens (primary N) is 1. The molecular formula is C16H20N9O13P3S. The minimum atomic E-state index is -5.78. The summed E-state index contributed by atoms with van der Waals surface area (Å²) in [6, 6.07) is 0. The van der Waals surface area contributed by atoms with Crippen molar-refractivity contribution < 1.29 is 60.7 Å². The number of nitrogens with zero attached hydrogens (tertiary/aromatic N) is 8. The first kappa shape index (κ1) is 32.1. The Morgan fingerprint density at radius 2 is 1.98 bits per heavy atom. The number of esters is 1. The average molecular weight is 671 g/mol. The molecule has 4 rings (SSSR count).